The van der Waals surface area contributed by atoms with E-state index in [1.165, 1.54) is 0 Å². The zero-order valence-corrected chi connectivity index (χ0v) is 20.1. The van der Waals surface area contributed by atoms with E-state index in [1.807, 2.05) is 42.5 Å². The van der Waals surface area contributed by atoms with Gasteiger partial charge in [0.2, 0.25) is 0 Å². The third-order valence-corrected chi connectivity index (χ3v) is 6.30. The van der Waals surface area contributed by atoms with Crippen molar-refractivity contribution < 1.29 is 14.6 Å². The lowest BCUT2D eigenvalue weighted by Crippen LogP contribution is -2.40. The number of carbonyl (C=O) groups is 1. The Balaban J connectivity index is 1.37. The first kappa shape index (κ1) is 24.0. The van der Waals surface area contributed by atoms with Gasteiger partial charge in [-0.1, -0.05) is 73.0 Å². The molecule has 0 amide bonds. The zero-order chi connectivity index (χ0) is 24.0. The van der Waals surface area contributed by atoms with E-state index in [1.54, 1.807) is 0 Å². The average molecular weight is 480 g/mol. The highest BCUT2D eigenvalue weighted by molar-refractivity contribution is 6.25. The lowest BCUT2D eigenvalue weighted by Gasteiger charge is -2.28. The van der Waals surface area contributed by atoms with Gasteiger partial charge in [-0.2, -0.15) is 5.10 Å². The van der Waals surface area contributed by atoms with Crippen LogP contribution in [0, 0.1) is 0 Å². The highest BCUT2D eigenvalue weighted by Crippen LogP contribution is 2.34. The molecule has 0 aliphatic heterocycles. The standard InChI is InChI=1S/C27H30ClN3O3/c1-2-8-21-23(13-12-22-25(30-31-26(21)22)20-10-4-3-5-11-20)34-16-7-15-29-27(28)14-6-9-19(18-27)17-24(32)33/h3-6,9-14,29H,2,7-8,15-18H2,1H3,(H,30,31)(H,32,33). The molecule has 34 heavy (non-hydrogen) atoms. The Hall–Kier alpha value is -3.09. The summed E-state index contributed by atoms with van der Waals surface area (Å²) in [6, 6.07) is 14.3. The summed E-state index contributed by atoms with van der Waals surface area (Å²) in [5.74, 6) is 0.0203. The molecule has 0 fully saturated rings. The topological polar surface area (TPSA) is 87.2 Å². The van der Waals surface area contributed by atoms with Crippen LogP contribution >= 0.6 is 11.6 Å². The molecule has 4 rings (SSSR count). The second-order valence-electron chi connectivity index (χ2n) is 8.58. The number of aryl methyl sites for hydroxylation is 1. The molecule has 2 aromatic carbocycles. The number of hydrogen-bond donors (Lipinski definition) is 3. The molecule has 0 spiro atoms. The highest BCUT2D eigenvalue weighted by Gasteiger charge is 2.27. The van der Waals surface area contributed by atoms with Crippen LogP contribution < -0.4 is 10.1 Å². The molecule has 178 valence electrons. The van der Waals surface area contributed by atoms with Gasteiger partial charge in [-0.15, -0.1) is 0 Å². The van der Waals surface area contributed by atoms with Gasteiger partial charge in [0.1, 0.15) is 10.7 Å². The van der Waals surface area contributed by atoms with Crippen molar-refractivity contribution >= 4 is 28.5 Å². The van der Waals surface area contributed by atoms with Crippen molar-refractivity contribution in [3.05, 3.63) is 71.8 Å². The molecule has 1 unspecified atom stereocenters. The van der Waals surface area contributed by atoms with E-state index >= 15 is 0 Å². The van der Waals surface area contributed by atoms with Crippen LogP contribution in [-0.2, 0) is 11.2 Å². The van der Waals surface area contributed by atoms with Crippen molar-refractivity contribution in [2.24, 2.45) is 0 Å². The van der Waals surface area contributed by atoms with Crippen molar-refractivity contribution in [2.45, 2.75) is 44.0 Å². The first-order valence-electron chi connectivity index (χ1n) is 11.7. The fourth-order valence-electron chi connectivity index (χ4n) is 4.34. The Kier molecular flexibility index (Phi) is 7.70. The maximum Gasteiger partial charge on any atom is 0.307 e. The molecule has 0 saturated carbocycles. The van der Waals surface area contributed by atoms with E-state index in [4.69, 9.17) is 21.4 Å². The summed E-state index contributed by atoms with van der Waals surface area (Å²) in [4.78, 5) is 10.2. The molecule has 0 saturated heterocycles. The smallest absolute Gasteiger partial charge is 0.307 e. The van der Waals surface area contributed by atoms with Gasteiger partial charge < -0.3 is 9.84 Å². The Morgan fingerprint density at radius 3 is 2.85 bits per heavy atom. The van der Waals surface area contributed by atoms with E-state index in [0.29, 0.717) is 19.6 Å². The number of carboxylic acids is 1. The maximum absolute atomic E-state index is 11.0. The molecule has 1 aliphatic rings. The summed E-state index contributed by atoms with van der Waals surface area (Å²) in [5, 5.41) is 21.3. The number of aliphatic carboxylic acids is 1. The van der Waals surface area contributed by atoms with Gasteiger partial charge in [-0.25, -0.2) is 0 Å². The van der Waals surface area contributed by atoms with Crippen molar-refractivity contribution in [3.63, 3.8) is 0 Å². The number of aromatic nitrogens is 2. The quantitative estimate of drug-likeness (QED) is 0.183. The number of nitrogens with one attached hydrogen (secondary N) is 2. The summed E-state index contributed by atoms with van der Waals surface area (Å²) in [7, 11) is 0. The monoisotopic (exact) mass is 479 g/mol. The molecule has 0 radical (unpaired) electrons. The number of hydrogen-bond acceptors (Lipinski definition) is 4. The van der Waals surface area contributed by atoms with Crippen molar-refractivity contribution in [1.82, 2.24) is 15.5 Å². The van der Waals surface area contributed by atoms with Crippen LogP contribution in [0.4, 0.5) is 0 Å². The van der Waals surface area contributed by atoms with Gasteiger partial charge in [0.25, 0.3) is 0 Å². The molecule has 1 heterocycles. The first-order valence-corrected chi connectivity index (χ1v) is 12.1. The second-order valence-corrected chi connectivity index (χ2v) is 9.25. The summed E-state index contributed by atoms with van der Waals surface area (Å²) in [5.41, 5.74) is 5.02. The average Bonchev–Trinajstić information content (AvgIpc) is 3.25. The Morgan fingerprint density at radius 2 is 2.09 bits per heavy atom. The van der Waals surface area contributed by atoms with Crippen molar-refractivity contribution in [1.29, 1.82) is 0 Å². The lowest BCUT2D eigenvalue weighted by molar-refractivity contribution is -0.136. The normalized spacial score (nSPS) is 17.6. The number of allylic oxidation sites excluding steroid dienone is 2. The number of carboxylic acid groups (broad SMARTS) is 1. The largest absolute Gasteiger partial charge is 0.493 e. The van der Waals surface area contributed by atoms with Crippen LogP contribution in [0.3, 0.4) is 0 Å². The van der Waals surface area contributed by atoms with Crippen molar-refractivity contribution in [3.8, 4) is 17.0 Å². The molecule has 1 aliphatic carbocycles. The fourth-order valence-corrected chi connectivity index (χ4v) is 4.68. The SMILES string of the molecule is CCCc1c(OCCCNC2(Cl)C=CC=C(CC(=O)O)C2)ccc2c(-c3ccccc3)[nH]nc12. The van der Waals surface area contributed by atoms with Gasteiger partial charge in [-0.3, -0.25) is 15.2 Å². The van der Waals surface area contributed by atoms with E-state index in [9.17, 15) is 4.79 Å². The predicted octanol–water partition coefficient (Wildman–Crippen LogP) is 5.84. The molecule has 3 N–H and O–H groups in total. The Labute approximate surface area is 204 Å². The van der Waals surface area contributed by atoms with E-state index < -0.39 is 11.0 Å². The van der Waals surface area contributed by atoms with Gasteiger partial charge in [0.05, 0.1) is 24.2 Å². The number of ether oxygens (including phenoxy) is 1. The number of alkyl halides is 1. The maximum atomic E-state index is 11.0. The second kappa shape index (κ2) is 10.9. The molecule has 3 aromatic rings. The van der Waals surface area contributed by atoms with Gasteiger partial charge in [0, 0.05) is 29.5 Å². The molecule has 0 bridgehead atoms. The van der Waals surface area contributed by atoms with Crippen molar-refractivity contribution in [2.75, 3.05) is 13.2 Å². The van der Waals surface area contributed by atoms with E-state index in [0.717, 1.165) is 58.3 Å². The van der Waals surface area contributed by atoms with Gasteiger partial charge >= 0.3 is 5.97 Å². The number of halogens is 1. The zero-order valence-electron chi connectivity index (χ0n) is 19.3. The van der Waals surface area contributed by atoms with Crippen LogP contribution in [0.2, 0.25) is 0 Å². The third-order valence-electron chi connectivity index (χ3n) is 5.90. The number of fused-ring (bicyclic) bond motifs is 1. The fraction of sp³-hybridized carbons (Fsp3) is 0.333. The molecule has 7 heteroatoms. The first-order chi connectivity index (χ1) is 16.5. The molecule has 1 atom stereocenters. The van der Waals surface area contributed by atoms with Crippen LogP contribution in [0.5, 0.6) is 5.75 Å². The Morgan fingerprint density at radius 1 is 1.26 bits per heavy atom. The van der Waals surface area contributed by atoms with Gasteiger partial charge in [0.15, 0.2) is 0 Å². The summed E-state index contributed by atoms with van der Waals surface area (Å²) >= 11 is 6.65. The minimum Gasteiger partial charge on any atom is -0.493 e. The lowest BCUT2D eigenvalue weighted by atomic mass is 9.97. The van der Waals surface area contributed by atoms with E-state index in [-0.39, 0.29) is 6.42 Å². The number of benzene rings is 2. The van der Waals surface area contributed by atoms with Crippen LogP contribution in [0.25, 0.3) is 22.2 Å². The minimum absolute atomic E-state index is 0.00542. The van der Waals surface area contributed by atoms with Crippen LogP contribution in [-0.4, -0.2) is 39.4 Å². The number of rotatable bonds is 11. The highest BCUT2D eigenvalue weighted by atomic mass is 35.5. The van der Waals surface area contributed by atoms with Crippen LogP contribution in [0.1, 0.15) is 38.2 Å². The molecule has 6 nitrogen and oxygen atoms in total. The summed E-state index contributed by atoms with van der Waals surface area (Å²) in [6.45, 7) is 3.35. The number of nitrogens with zero attached hydrogens (tertiary/aromatic N) is 1. The third kappa shape index (κ3) is 5.69. The van der Waals surface area contributed by atoms with Gasteiger partial charge in [-0.05, 0) is 31.1 Å². The number of H-pyrrole nitrogens is 1. The Bertz CT molecular complexity index is 1200. The predicted molar refractivity (Wildman–Crippen MR) is 136 cm³/mol. The van der Waals surface area contributed by atoms with E-state index in [2.05, 4.69) is 40.6 Å². The molecular formula is C27H30ClN3O3. The van der Waals surface area contributed by atoms with Crippen LogP contribution in [0.15, 0.2) is 66.3 Å². The molecular weight excluding hydrogens is 450 g/mol. The summed E-state index contributed by atoms with van der Waals surface area (Å²) in [6.07, 6.45) is 8.64. The number of aromatic amines is 1. The molecule has 1 aromatic heterocycles. The minimum atomic E-state index is -0.846. The summed E-state index contributed by atoms with van der Waals surface area (Å²) < 4.78 is 6.16.